The Labute approximate surface area is 91.2 Å². The topological polar surface area (TPSA) is 44.5 Å². The van der Waals surface area contributed by atoms with Crippen LogP contribution in [0.5, 0.6) is 5.75 Å². The number of methoxy groups -OCH3 is 2. The molecule has 0 amide bonds. The van der Waals surface area contributed by atoms with E-state index in [2.05, 4.69) is 19.9 Å². The predicted molar refractivity (Wildman–Crippen MR) is 61.3 cm³/mol. The third-order valence-electron chi connectivity index (χ3n) is 2.69. The molecule has 0 fully saturated rings. The number of ether oxygens (including phenoxy) is 2. The van der Waals surface area contributed by atoms with Crippen LogP contribution in [-0.2, 0) is 4.74 Å². The molecule has 0 spiro atoms. The van der Waals surface area contributed by atoms with Crippen molar-refractivity contribution in [2.45, 2.75) is 20.0 Å². The molecule has 0 aromatic heterocycles. The van der Waals surface area contributed by atoms with Gasteiger partial charge in [-0.05, 0) is 37.1 Å². The van der Waals surface area contributed by atoms with Gasteiger partial charge in [0.15, 0.2) is 0 Å². The zero-order chi connectivity index (χ0) is 11.4. The van der Waals surface area contributed by atoms with E-state index in [4.69, 9.17) is 15.2 Å². The summed E-state index contributed by atoms with van der Waals surface area (Å²) in [5.41, 5.74) is 9.10. The Morgan fingerprint density at radius 3 is 2.27 bits per heavy atom. The van der Waals surface area contributed by atoms with E-state index in [-0.39, 0.29) is 6.10 Å². The Morgan fingerprint density at radius 1 is 1.20 bits per heavy atom. The molecule has 1 unspecified atom stereocenters. The first-order valence-electron chi connectivity index (χ1n) is 5.02. The number of nitrogens with two attached hydrogens (primary N) is 1. The maximum atomic E-state index is 5.65. The fourth-order valence-corrected chi connectivity index (χ4v) is 1.59. The van der Waals surface area contributed by atoms with Gasteiger partial charge in [-0.25, -0.2) is 0 Å². The number of hydrogen-bond acceptors (Lipinski definition) is 3. The fraction of sp³-hybridized carbons (Fsp3) is 0.500. The van der Waals surface area contributed by atoms with E-state index >= 15 is 0 Å². The van der Waals surface area contributed by atoms with Crippen LogP contribution >= 0.6 is 0 Å². The predicted octanol–water partition coefficient (Wildman–Crippen LogP) is 1.96. The van der Waals surface area contributed by atoms with Crippen LogP contribution < -0.4 is 10.5 Å². The molecule has 1 atom stereocenters. The minimum Gasteiger partial charge on any atom is -0.496 e. The van der Waals surface area contributed by atoms with E-state index in [1.807, 2.05) is 6.07 Å². The van der Waals surface area contributed by atoms with Crippen molar-refractivity contribution in [2.24, 2.45) is 5.73 Å². The van der Waals surface area contributed by atoms with Gasteiger partial charge in [0.2, 0.25) is 0 Å². The Kier molecular flexibility index (Phi) is 4.12. The van der Waals surface area contributed by atoms with Crippen molar-refractivity contribution in [2.75, 3.05) is 20.8 Å². The summed E-state index contributed by atoms with van der Waals surface area (Å²) in [7, 11) is 3.32. The van der Waals surface area contributed by atoms with Gasteiger partial charge in [-0.1, -0.05) is 0 Å². The van der Waals surface area contributed by atoms with Crippen molar-refractivity contribution in [3.8, 4) is 5.75 Å². The molecule has 0 heterocycles. The lowest BCUT2D eigenvalue weighted by atomic mass is 10.0. The first kappa shape index (κ1) is 12.0. The summed E-state index contributed by atoms with van der Waals surface area (Å²) in [4.78, 5) is 0. The summed E-state index contributed by atoms with van der Waals surface area (Å²) < 4.78 is 10.6. The van der Waals surface area contributed by atoms with Crippen LogP contribution in [0.15, 0.2) is 12.1 Å². The van der Waals surface area contributed by atoms with Crippen LogP contribution in [0.1, 0.15) is 22.8 Å². The Balaban J connectivity index is 3.20. The summed E-state index contributed by atoms with van der Waals surface area (Å²) in [6, 6.07) is 4.10. The molecule has 0 radical (unpaired) electrons. The zero-order valence-electron chi connectivity index (χ0n) is 9.83. The summed E-state index contributed by atoms with van der Waals surface area (Å²) in [6.45, 7) is 4.59. The molecule has 3 nitrogen and oxygen atoms in total. The van der Waals surface area contributed by atoms with Crippen molar-refractivity contribution in [3.05, 3.63) is 28.8 Å². The highest BCUT2D eigenvalue weighted by Gasteiger charge is 2.15. The van der Waals surface area contributed by atoms with Crippen LogP contribution in [0.3, 0.4) is 0 Å². The van der Waals surface area contributed by atoms with Gasteiger partial charge in [0, 0.05) is 19.2 Å². The van der Waals surface area contributed by atoms with Gasteiger partial charge in [-0.15, -0.1) is 0 Å². The van der Waals surface area contributed by atoms with Gasteiger partial charge in [0.1, 0.15) is 5.75 Å². The van der Waals surface area contributed by atoms with Crippen LogP contribution in [0.4, 0.5) is 0 Å². The molecule has 1 rings (SSSR count). The zero-order valence-corrected chi connectivity index (χ0v) is 9.83. The fourth-order valence-electron chi connectivity index (χ4n) is 1.59. The monoisotopic (exact) mass is 209 g/mol. The second kappa shape index (κ2) is 5.14. The van der Waals surface area contributed by atoms with Crippen molar-refractivity contribution in [1.82, 2.24) is 0 Å². The highest BCUT2D eigenvalue weighted by Crippen LogP contribution is 2.29. The molecule has 15 heavy (non-hydrogen) atoms. The minimum atomic E-state index is -0.0979. The molecule has 2 N–H and O–H groups in total. The summed E-state index contributed by atoms with van der Waals surface area (Å²) in [6.07, 6.45) is -0.0979. The minimum absolute atomic E-state index is 0.0979. The van der Waals surface area contributed by atoms with Gasteiger partial charge in [0.05, 0.1) is 13.2 Å². The second-order valence-corrected chi connectivity index (χ2v) is 3.64. The molecule has 1 aromatic rings. The van der Waals surface area contributed by atoms with E-state index in [0.717, 1.165) is 11.3 Å². The van der Waals surface area contributed by atoms with Crippen molar-refractivity contribution >= 4 is 0 Å². The number of benzene rings is 1. The van der Waals surface area contributed by atoms with E-state index < -0.39 is 0 Å². The molecule has 0 aliphatic carbocycles. The molecular formula is C12H19NO2. The lowest BCUT2D eigenvalue weighted by Crippen LogP contribution is -2.15. The van der Waals surface area contributed by atoms with Gasteiger partial charge in [-0.2, -0.15) is 0 Å². The molecule has 3 heteroatoms. The van der Waals surface area contributed by atoms with E-state index in [1.54, 1.807) is 14.2 Å². The average molecular weight is 209 g/mol. The number of rotatable bonds is 4. The molecule has 1 aromatic carbocycles. The second-order valence-electron chi connectivity index (χ2n) is 3.64. The van der Waals surface area contributed by atoms with Gasteiger partial charge in [-0.3, -0.25) is 0 Å². The van der Waals surface area contributed by atoms with Gasteiger partial charge < -0.3 is 15.2 Å². The highest BCUT2D eigenvalue weighted by atomic mass is 16.5. The smallest absolute Gasteiger partial charge is 0.125 e. The van der Waals surface area contributed by atoms with E-state index in [0.29, 0.717) is 6.54 Å². The number of hydrogen-bond donors (Lipinski definition) is 1. The van der Waals surface area contributed by atoms with Crippen LogP contribution in [0.2, 0.25) is 0 Å². The number of aryl methyl sites for hydroxylation is 2. The van der Waals surface area contributed by atoms with E-state index in [1.165, 1.54) is 11.1 Å². The quantitative estimate of drug-likeness (QED) is 0.824. The molecule has 0 bridgehead atoms. The summed E-state index contributed by atoms with van der Waals surface area (Å²) in [5.74, 6) is 0.843. The Hall–Kier alpha value is -1.06. The van der Waals surface area contributed by atoms with Crippen LogP contribution in [-0.4, -0.2) is 20.8 Å². The third-order valence-corrected chi connectivity index (χ3v) is 2.69. The highest BCUT2D eigenvalue weighted by molar-refractivity contribution is 5.43. The Morgan fingerprint density at radius 2 is 1.80 bits per heavy atom. The summed E-state index contributed by atoms with van der Waals surface area (Å²) >= 11 is 0. The largest absolute Gasteiger partial charge is 0.496 e. The maximum Gasteiger partial charge on any atom is 0.125 e. The molecule has 84 valence electrons. The Bertz CT molecular complexity index is 333. The molecule has 0 aliphatic heterocycles. The van der Waals surface area contributed by atoms with Crippen molar-refractivity contribution < 1.29 is 9.47 Å². The standard InChI is InChI=1S/C12H19NO2/c1-8-5-10(12(7-13)15-4)11(14-3)6-9(8)2/h5-6,12H,7,13H2,1-4H3. The molecule has 0 saturated heterocycles. The SMILES string of the molecule is COc1cc(C)c(C)cc1C(CN)OC. The molecule has 0 aliphatic rings. The third kappa shape index (κ3) is 2.49. The van der Waals surface area contributed by atoms with Gasteiger partial charge >= 0.3 is 0 Å². The lowest BCUT2D eigenvalue weighted by Gasteiger charge is -2.18. The maximum absolute atomic E-state index is 5.65. The van der Waals surface area contributed by atoms with Crippen LogP contribution in [0.25, 0.3) is 0 Å². The average Bonchev–Trinajstić information content (AvgIpc) is 2.24. The van der Waals surface area contributed by atoms with Crippen molar-refractivity contribution in [1.29, 1.82) is 0 Å². The van der Waals surface area contributed by atoms with Gasteiger partial charge in [0.25, 0.3) is 0 Å². The van der Waals surface area contributed by atoms with Crippen molar-refractivity contribution in [3.63, 3.8) is 0 Å². The van der Waals surface area contributed by atoms with E-state index in [9.17, 15) is 0 Å². The van der Waals surface area contributed by atoms with Crippen LogP contribution in [0, 0.1) is 13.8 Å². The first-order valence-corrected chi connectivity index (χ1v) is 5.02. The lowest BCUT2D eigenvalue weighted by molar-refractivity contribution is 0.108. The molecule has 0 saturated carbocycles. The normalized spacial score (nSPS) is 12.6. The molecular weight excluding hydrogens is 190 g/mol. The summed E-state index contributed by atoms with van der Waals surface area (Å²) in [5, 5.41) is 0. The first-order chi connectivity index (χ1) is 7.13.